The molecule has 1 aromatic carbocycles. The third-order valence-electron chi connectivity index (χ3n) is 3.94. The molecule has 0 saturated carbocycles. The predicted octanol–water partition coefficient (Wildman–Crippen LogP) is 4.92. The minimum Gasteiger partial charge on any atom is -0.496 e. The minimum atomic E-state index is -0.477. The number of thiophene rings is 2. The van der Waals surface area contributed by atoms with Crippen LogP contribution in [-0.4, -0.2) is 32.7 Å². The van der Waals surface area contributed by atoms with E-state index in [0.717, 1.165) is 10.4 Å². The Morgan fingerprint density at radius 3 is 2.29 bits per heavy atom. The number of hydrogen-bond donors (Lipinski definition) is 1. The molecule has 0 aliphatic carbocycles. The molecular formula is C20H19NO5S2. The summed E-state index contributed by atoms with van der Waals surface area (Å²) in [6, 6.07) is 8.91. The van der Waals surface area contributed by atoms with Gasteiger partial charge in [0.2, 0.25) is 0 Å². The molecule has 6 nitrogen and oxygen atoms in total. The fraction of sp³-hybridized carbons (Fsp3) is 0.200. The number of ether oxygens (including phenoxy) is 3. The molecule has 8 heteroatoms. The number of hydrogen-bond acceptors (Lipinski definition) is 7. The van der Waals surface area contributed by atoms with Gasteiger partial charge in [0.25, 0.3) is 5.91 Å². The Labute approximate surface area is 170 Å². The Hall–Kier alpha value is -2.84. The van der Waals surface area contributed by atoms with Crippen molar-refractivity contribution in [3.05, 3.63) is 52.2 Å². The van der Waals surface area contributed by atoms with Crippen molar-refractivity contribution in [3.63, 3.8) is 0 Å². The summed E-state index contributed by atoms with van der Waals surface area (Å²) in [7, 11) is 2.96. The fourth-order valence-electron chi connectivity index (χ4n) is 2.71. The van der Waals surface area contributed by atoms with Gasteiger partial charge in [-0.2, -0.15) is 0 Å². The molecule has 146 valence electrons. The molecular weight excluding hydrogens is 398 g/mol. The highest BCUT2D eigenvalue weighted by molar-refractivity contribution is 7.17. The molecule has 28 heavy (non-hydrogen) atoms. The zero-order valence-electron chi connectivity index (χ0n) is 15.6. The van der Waals surface area contributed by atoms with Gasteiger partial charge in [-0.25, -0.2) is 4.79 Å². The second-order valence-corrected chi connectivity index (χ2v) is 7.37. The van der Waals surface area contributed by atoms with E-state index in [1.54, 1.807) is 25.1 Å². The maximum Gasteiger partial charge on any atom is 0.341 e. The lowest BCUT2D eigenvalue weighted by Crippen LogP contribution is -2.16. The molecule has 0 saturated heterocycles. The molecule has 0 aliphatic rings. The third-order valence-corrected chi connectivity index (χ3v) is 5.74. The van der Waals surface area contributed by atoms with Crippen molar-refractivity contribution in [1.29, 1.82) is 0 Å². The van der Waals surface area contributed by atoms with E-state index in [4.69, 9.17) is 14.2 Å². The van der Waals surface area contributed by atoms with Crippen LogP contribution in [0, 0.1) is 0 Å². The smallest absolute Gasteiger partial charge is 0.341 e. The Balaban J connectivity index is 2.01. The molecule has 3 rings (SSSR count). The van der Waals surface area contributed by atoms with E-state index >= 15 is 0 Å². The van der Waals surface area contributed by atoms with Crippen LogP contribution in [0.15, 0.2) is 41.1 Å². The highest BCUT2D eigenvalue weighted by Gasteiger charge is 2.25. The molecule has 0 atom stereocenters. The summed E-state index contributed by atoms with van der Waals surface area (Å²) in [5, 5.41) is 7.01. The summed E-state index contributed by atoms with van der Waals surface area (Å²) in [5.41, 5.74) is 1.34. The molecule has 0 radical (unpaired) electrons. The van der Waals surface area contributed by atoms with E-state index in [1.165, 1.54) is 36.9 Å². The molecule has 3 aromatic rings. The first-order valence-electron chi connectivity index (χ1n) is 8.45. The van der Waals surface area contributed by atoms with Crippen molar-refractivity contribution in [2.75, 3.05) is 26.1 Å². The number of anilines is 1. The Kier molecular flexibility index (Phi) is 6.33. The molecule has 0 fully saturated rings. The SMILES string of the molecule is CCOC(=O)c1c(-c2cccs2)csc1NC(=O)c1c(OC)cccc1OC. The second-order valence-electron chi connectivity index (χ2n) is 5.54. The molecule has 1 amide bonds. The van der Waals surface area contributed by atoms with Crippen LogP contribution in [0.3, 0.4) is 0 Å². The van der Waals surface area contributed by atoms with E-state index < -0.39 is 11.9 Å². The van der Waals surface area contributed by atoms with E-state index in [9.17, 15) is 9.59 Å². The van der Waals surface area contributed by atoms with Gasteiger partial charge in [-0.15, -0.1) is 22.7 Å². The van der Waals surface area contributed by atoms with Gasteiger partial charge in [-0.1, -0.05) is 12.1 Å². The monoisotopic (exact) mass is 417 g/mol. The van der Waals surface area contributed by atoms with Crippen LogP contribution in [-0.2, 0) is 4.74 Å². The maximum absolute atomic E-state index is 13.0. The molecule has 0 aliphatic heterocycles. The second kappa shape index (κ2) is 8.90. The first-order valence-corrected chi connectivity index (χ1v) is 10.2. The number of benzene rings is 1. The van der Waals surface area contributed by atoms with Crippen LogP contribution in [0.1, 0.15) is 27.6 Å². The van der Waals surface area contributed by atoms with E-state index in [-0.39, 0.29) is 12.2 Å². The lowest BCUT2D eigenvalue weighted by molar-refractivity contribution is 0.0529. The van der Waals surface area contributed by atoms with Crippen LogP contribution in [0.5, 0.6) is 11.5 Å². The summed E-state index contributed by atoms with van der Waals surface area (Å²) in [6.07, 6.45) is 0. The number of amides is 1. The summed E-state index contributed by atoms with van der Waals surface area (Å²) in [4.78, 5) is 26.5. The van der Waals surface area contributed by atoms with Crippen LogP contribution in [0.4, 0.5) is 5.00 Å². The Bertz CT molecular complexity index is 956. The standard InChI is InChI=1S/C20H19NO5S2/c1-4-26-20(23)16-12(15-9-6-10-27-15)11-28-19(16)21-18(22)17-13(24-2)7-5-8-14(17)25-3/h5-11H,4H2,1-3H3,(H,21,22). The number of carbonyl (C=O) groups is 2. The quantitative estimate of drug-likeness (QED) is 0.552. The summed E-state index contributed by atoms with van der Waals surface area (Å²) in [5.74, 6) is -0.150. The highest BCUT2D eigenvalue weighted by atomic mass is 32.1. The van der Waals surface area contributed by atoms with Crippen molar-refractivity contribution >= 4 is 39.6 Å². The fourth-order valence-corrected chi connectivity index (χ4v) is 4.48. The van der Waals surface area contributed by atoms with Gasteiger partial charge in [-0.05, 0) is 30.5 Å². The average Bonchev–Trinajstić information content (AvgIpc) is 3.37. The van der Waals surface area contributed by atoms with Crippen LogP contribution in [0.2, 0.25) is 0 Å². The normalized spacial score (nSPS) is 10.4. The number of nitrogens with one attached hydrogen (secondary N) is 1. The number of carbonyl (C=O) groups excluding carboxylic acids is 2. The van der Waals surface area contributed by atoms with Gasteiger partial charge in [0, 0.05) is 15.8 Å². The van der Waals surface area contributed by atoms with Gasteiger partial charge in [0.1, 0.15) is 27.6 Å². The van der Waals surface area contributed by atoms with Crippen molar-refractivity contribution in [1.82, 2.24) is 0 Å². The highest BCUT2D eigenvalue weighted by Crippen LogP contribution is 2.39. The molecule has 2 heterocycles. The Morgan fingerprint density at radius 2 is 1.71 bits per heavy atom. The van der Waals surface area contributed by atoms with Gasteiger partial charge in [0.05, 0.1) is 20.8 Å². The summed E-state index contributed by atoms with van der Waals surface area (Å²) >= 11 is 2.78. The molecule has 2 aromatic heterocycles. The van der Waals surface area contributed by atoms with E-state index in [2.05, 4.69) is 5.32 Å². The first kappa shape index (κ1) is 19.9. The summed E-state index contributed by atoms with van der Waals surface area (Å²) < 4.78 is 15.8. The summed E-state index contributed by atoms with van der Waals surface area (Å²) in [6.45, 7) is 1.99. The van der Waals surface area contributed by atoms with Crippen molar-refractivity contribution < 1.29 is 23.8 Å². The zero-order chi connectivity index (χ0) is 20.1. The van der Waals surface area contributed by atoms with Gasteiger partial charge >= 0.3 is 5.97 Å². The minimum absolute atomic E-state index is 0.242. The van der Waals surface area contributed by atoms with Crippen molar-refractivity contribution in [2.45, 2.75) is 6.92 Å². The van der Waals surface area contributed by atoms with Gasteiger partial charge in [0.15, 0.2) is 0 Å². The number of methoxy groups -OCH3 is 2. The number of rotatable bonds is 7. The van der Waals surface area contributed by atoms with Crippen molar-refractivity contribution in [3.8, 4) is 21.9 Å². The third kappa shape index (κ3) is 3.88. The van der Waals surface area contributed by atoms with Crippen molar-refractivity contribution in [2.24, 2.45) is 0 Å². The van der Waals surface area contributed by atoms with Gasteiger partial charge < -0.3 is 19.5 Å². The largest absolute Gasteiger partial charge is 0.496 e. The predicted molar refractivity (Wildman–Crippen MR) is 111 cm³/mol. The molecule has 0 unspecified atom stereocenters. The Morgan fingerprint density at radius 1 is 1.00 bits per heavy atom. The lowest BCUT2D eigenvalue weighted by Gasteiger charge is -2.13. The van der Waals surface area contributed by atoms with E-state index in [1.807, 2.05) is 22.9 Å². The average molecular weight is 418 g/mol. The van der Waals surface area contributed by atoms with Crippen LogP contribution < -0.4 is 14.8 Å². The first-order chi connectivity index (χ1) is 13.6. The van der Waals surface area contributed by atoms with Crippen LogP contribution >= 0.6 is 22.7 Å². The molecule has 1 N–H and O–H groups in total. The van der Waals surface area contributed by atoms with Gasteiger partial charge in [-0.3, -0.25) is 4.79 Å². The number of esters is 1. The maximum atomic E-state index is 13.0. The van der Waals surface area contributed by atoms with Crippen LogP contribution in [0.25, 0.3) is 10.4 Å². The van der Waals surface area contributed by atoms with E-state index in [0.29, 0.717) is 22.1 Å². The molecule has 0 spiro atoms. The molecule has 0 bridgehead atoms. The topological polar surface area (TPSA) is 73.9 Å². The lowest BCUT2D eigenvalue weighted by atomic mass is 10.1. The zero-order valence-corrected chi connectivity index (χ0v) is 17.2.